The molecule has 0 bridgehead atoms. The minimum Gasteiger partial charge on any atom is -0.497 e. The average Bonchev–Trinajstić information content (AvgIpc) is 2.85. The third-order valence-corrected chi connectivity index (χ3v) is 4.99. The molecule has 1 aromatic carbocycles. The monoisotopic (exact) mass is 291 g/mol. The van der Waals surface area contributed by atoms with E-state index in [0.29, 0.717) is 0 Å². The zero-order valence-corrected chi connectivity index (χ0v) is 13.8. The van der Waals surface area contributed by atoms with Gasteiger partial charge in [-0.2, -0.15) is 0 Å². The van der Waals surface area contributed by atoms with Crippen LogP contribution in [0.4, 0.5) is 0 Å². The summed E-state index contributed by atoms with van der Waals surface area (Å²) in [5, 5.41) is 10.7. The molecule has 2 unspecified atom stereocenters. The van der Waals surface area contributed by atoms with Crippen molar-refractivity contribution in [2.75, 3.05) is 20.2 Å². The van der Waals surface area contributed by atoms with Gasteiger partial charge in [-0.1, -0.05) is 39.7 Å². The van der Waals surface area contributed by atoms with Crippen molar-refractivity contribution in [3.63, 3.8) is 0 Å². The summed E-state index contributed by atoms with van der Waals surface area (Å²) in [6.45, 7) is 8.78. The SMILES string of the molecule is CCC(CC)CN(CC)C1Cc2ccc(OC)cc2C1O. The van der Waals surface area contributed by atoms with E-state index in [1.54, 1.807) is 7.11 Å². The summed E-state index contributed by atoms with van der Waals surface area (Å²) < 4.78 is 5.28. The second-order valence-electron chi connectivity index (χ2n) is 6.05. The number of methoxy groups -OCH3 is 1. The van der Waals surface area contributed by atoms with Crippen molar-refractivity contribution in [2.45, 2.75) is 52.2 Å². The van der Waals surface area contributed by atoms with Gasteiger partial charge in [0.15, 0.2) is 0 Å². The van der Waals surface area contributed by atoms with Crippen LogP contribution in [0.5, 0.6) is 5.75 Å². The number of hydrogen-bond acceptors (Lipinski definition) is 3. The lowest BCUT2D eigenvalue weighted by molar-refractivity contribution is 0.0531. The number of aliphatic hydroxyl groups is 1. The molecule has 3 heteroatoms. The molecule has 0 aromatic heterocycles. The molecular formula is C18H29NO2. The van der Waals surface area contributed by atoms with E-state index < -0.39 is 6.10 Å². The molecule has 0 saturated carbocycles. The topological polar surface area (TPSA) is 32.7 Å². The van der Waals surface area contributed by atoms with Gasteiger partial charge in [0.2, 0.25) is 0 Å². The Hall–Kier alpha value is -1.06. The zero-order chi connectivity index (χ0) is 15.4. The molecule has 118 valence electrons. The average molecular weight is 291 g/mol. The van der Waals surface area contributed by atoms with E-state index >= 15 is 0 Å². The van der Waals surface area contributed by atoms with Crippen LogP contribution < -0.4 is 4.74 Å². The van der Waals surface area contributed by atoms with Gasteiger partial charge >= 0.3 is 0 Å². The molecule has 0 radical (unpaired) electrons. The van der Waals surface area contributed by atoms with E-state index in [1.165, 1.54) is 18.4 Å². The van der Waals surface area contributed by atoms with Crippen molar-refractivity contribution in [3.05, 3.63) is 29.3 Å². The van der Waals surface area contributed by atoms with Crippen LogP contribution in [-0.2, 0) is 6.42 Å². The Kier molecular flexibility index (Phi) is 5.65. The summed E-state index contributed by atoms with van der Waals surface area (Å²) in [5.41, 5.74) is 2.30. The van der Waals surface area contributed by atoms with E-state index in [9.17, 15) is 5.11 Å². The Morgan fingerprint density at radius 1 is 1.29 bits per heavy atom. The predicted molar refractivity (Wildman–Crippen MR) is 86.8 cm³/mol. The molecular weight excluding hydrogens is 262 g/mol. The summed E-state index contributed by atoms with van der Waals surface area (Å²) in [6, 6.07) is 6.29. The molecule has 0 heterocycles. The molecule has 21 heavy (non-hydrogen) atoms. The number of fused-ring (bicyclic) bond motifs is 1. The van der Waals surface area contributed by atoms with Crippen LogP contribution in [0.25, 0.3) is 0 Å². The number of rotatable bonds is 7. The first-order valence-corrected chi connectivity index (χ1v) is 8.23. The van der Waals surface area contributed by atoms with E-state index in [0.717, 1.165) is 36.7 Å². The van der Waals surface area contributed by atoms with Crippen LogP contribution in [0, 0.1) is 5.92 Å². The predicted octanol–water partition coefficient (Wildman–Crippen LogP) is 3.41. The zero-order valence-electron chi connectivity index (χ0n) is 13.8. The molecule has 0 aliphatic heterocycles. The molecule has 1 aliphatic carbocycles. The quantitative estimate of drug-likeness (QED) is 0.835. The smallest absolute Gasteiger partial charge is 0.119 e. The fraction of sp³-hybridized carbons (Fsp3) is 0.667. The normalized spacial score (nSPS) is 21.1. The molecule has 1 N–H and O–H groups in total. The highest BCUT2D eigenvalue weighted by Gasteiger charge is 2.35. The first-order valence-electron chi connectivity index (χ1n) is 8.23. The van der Waals surface area contributed by atoms with Crippen LogP contribution in [0.2, 0.25) is 0 Å². The van der Waals surface area contributed by atoms with E-state index in [1.807, 2.05) is 12.1 Å². The third kappa shape index (κ3) is 3.41. The Bertz CT molecular complexity index is 457. The summed E-state index contributed by atoms with van der Waals surface area (Å²) in [4.78, 5) is 2.45. The van der Waals surface area contributed by atoms with Crippen molar-refractivity contribution in [1.29, 1.82) is 0 Å². The molecule has 2 rings (SSSR count). The molecule has 0 saturated heterocycles. The molecule has 1 aliphatic rings. The summed E-state index contributed by atoms with van der Waals surface area (Å²) in [7, 11) is 1.67. The lowest BCUT2D eigenvalue weighted by Gasteiger charge is -2.32. The Labute approximate surface area is 128 Å². The number of ether oxygens (including phenoxy) is 1. The second kappa shape index (κ2) is 7.28. The van der Waals surface area contributed by atoms with Crippen LogP contribution >= 0.6 is 0 Å². The molecule has 2 atom stereocenters. The largest absolute Gasteiger partial charge is 0.497 e. The molecule has 0 fully saturated rings. The van der Waals surface area contributed by atoms with Crippen LogP contribution in [0.15, 0.2) is 18.2 Å². The van der Waals surface area contributed by atoms with E-state index in [2.05, 4.69) is 31.7 Å². The minimum atomic E-state index is -0.399. The van der Waals surface area contributed by atoms with Gasteiger partial charge in [0.1, 0.15) is 5.75 Å². The van der Waals surface area contributed by atoms with E-state index in [4.69, 9.17) is 4.74 Å². The van der Waals surface area contributed by atoms with Crippen molar-refractivity contribution < 1.29 is 9.84 Å². The first-order chi connectivity index (χ1) is 10.1. The summed E-state index contributed by atoms with van der Waals surface area (Å²) >= 11 is 0. The summed E-state index contributed by atoms with van der Waals surface area (Å²) in [6.07, 6.45) is 2.95. The number of benzene rings is 1. The van der Waals surface area contributed by atoms with Crippen LogP contribution in [-0.4, -0.2) is 36.2 Å². The maximum atomic E-state index is 10.7. The van der Waals surface area contributed by atoms with E-state index in [-0.39, 0.29) is 6.04 Å². The van der Waals surface area contributed by atoms with Gasteiger partial charge in [-0.25, -0.2) is 0 Å². The van der Waals surface area contributed by atoms with Crippen LogP contribution in [0.3, 0.4) is 0 Å². The Morgan fingerprint density at radius 2 is 2.00 bits per heavy atom. The van der Waals surface area contributed by atoms with Gasteiger partial charge in [-0.15, -0.1) is 0 Å². The maximum absolute atomic E-state index is 10.7. The van der Waals surface area contributed by atoms with Gasteiger partial charge in [-0.05, 0) is 42.1 Å². The molecule has 3 nitrogen and oxygen atoms in total. The Balaban J connectivity index is 2.14. The lowest BCUT2D eigenvalue weighted by Crippen LogP contribution is -2.41. The van der Waals surface area contributed by atoms with Gasteiger partial charge in [0, 0.05) is 12.6 Å². The maximum Gasteiger partial charge on any atom is 0.119 e. The highest BCUT2D eigenvalue weighted by atomic mass is 16.5. The van der Waals surface area contributed by atoms with Gasteiger partial charge in [-0.3, -0.25) is 4.90 Å². The Morgan fingerprint density at radius 3 is 2.57 bits per heavy atom. The number of likely N-dealkylation sites (N-methyl/N-ethyl adjacent to an activating group) is 1. The lowest BCUT2D eigenvalue weighted by atomic mass is 10.0. The first kappa shape index (κ1) is 16.3. The van der Waals surface area contributed by atoms with Gasteiger partial charge in [0.05, 0.1) is 13.2 Å². The van der Waals surface area contributed by atoms with Gasteiger partial charge in [0.25, 0.3) is 0 Å². The fourth-order valence-corrected chi connectivity index (χ4v) is 3.41. The second-order valence-corrected chi connectivity index (χ2v) is 6.05. The summed E-state index contributed by atoms with van der Waals surface area (Å²) in [5.74, 6) is 1.55. The fourth-order valence-electron chi connectivity index (χ4n) is 3.41. The van der Waals surface area contributed by atoms with Crippen molar-refractivity contribution in [1.82, 2.24) is 4.90 Å². The molecule has 1 aromatic rings. The highest BCUT2D eigenvalue weighted by Crippen LogP contribution is 2.37. The van der Waals surface area contributed by atoms with Crippen molar-refractivity contribution >= 4 is 0 Å². The number of nitrogens with zero attached hydrogens (tertiary/aromatic N) is 1. The number of hydrogen-bond donors (Lipinski definition) is 1. The minimum absolute atomic E-state index is 0.206. The highest BCUT2D eigenvalue weighted by molar-refractivity contribution is 5.41. The van der Waals surface area contributed by atoms with Crippen molar-refractivity contribution in [3.8, 4) is 5.75 Å². The molecule has 0 amide bonds. The third-order valence-electron chi connectivity index (χ3n) is 4.99. The number of aliphatic hydroxyl groups excluding tert-OH is 1. The molecule has 0 spiro atoms. The van der Waals surface area contributed by atoms with Crippen molar-refractivity contribution in [2.24, 2.45) is 5.92 Å². The standard InChI is InChI=1S/C18H29NO2/c1-5-13(6-2)12-19(7-3)17-10-14-8-9-15(21-4)11-16(14)18(17)20/h8-9,11,13,17-18,20H,5-7,10,12H2,1-4H3. The van der Waals surface area contributed by atoms with Gasteiger partial charge < -0.3 is 9.84 Å². The van der Waals surface area contributed by atoms with Crippen LogP contribution in [0.1, 0.15) is 50.8 Å².